The number of rotatable bonds is 1. The Bertz CT molecular complexity index is 464. The van der Waals surface area contributed by atoms with Gasteiger partial charge in [-0.2, -0.15) is 0 Å². The van der Waals surface area contributed by atoms with Crippen LogP contribution in [-0.4, -0.2) is 17.7 Å². The Morgan fingerprint density at radius 1 is 1.29 bits per heavy atom. The summed E-state index contributed by atoms with van der Waals surface area (Å²) in [5.41, 5.74) is 0.301. The van der Waals surface area contributed by atoms with Crippen LogP contribution >= 0.6 is 0 Å². The molecule has 5 nitrogen and oxygen atoms in total. The first kappa shape index (κ1) is 8.43. The summed E-state index contributed by atoms with van der Waals surface area (Å²) in [6, 6.07) is 3.77. The third-order valence-corrected chi connectivity index (χ3v) is 1.95. The van der Waals surface area contributed by atoms with E-state index in [1.165, 1.54) is 12.1 Å². The van der Waals surface area contributed by atoms with Crippen LogP contribution in [0.15, 0.2) is 18.2 Å². The molecule has 0 radical (unpaired) electrons. The molecule has 1 aliphatic rings. The maximum Gasteiger partial charge on any atom is 0.296 e. The molecule has 1 aromatic rings. The fourth-order valence-corrected chi connectivity index (χ4v) is 1.27. The number of carboxylic acids is 1. The number of aromatic carboxylic acids is 1. The van der Waals surface area contributed by atoms with Gasteiger partial charge >= 0.3 is 0 Å². The van der Waals surface area contributed by atoms with Crippen molar-refractivity contribution in [1.29, 1.82) is 0 Å². The highest BCUT2D eigenvalue weighted by atomic mass is 16.4. The third kappa shape index (κ3) is 1.06. The molecular formula is C9H4NO4-. The average molecular weight is 190 g/mol. The van der Waals surface area contributed by atoms with E-state index in [0.717, 1.165) is 6.07 Å². The summed E-state index contributed by atoms with van der Waals surface area (Å²) >= 11 is 0. The lowest BCUT2D eigenvalue weighted by molar-refractivity contribution is -0.255. The first-order valence-electron chi connectivity index (χ1n) is 3.80. The van der Waals surface area contributed by atoms with Crippen LogP contribution in [0.5, 0.6) is 0 Å². The zero-order valence-electron chi connectivity index (χ0n) is 6.87. The lowest BCUT2D eigenvalue weighted by Gasteiger charge is -2.03. The number of carbonyl (C=O) groups is 3. The predicted molar refractivity (Wildman–Crippen MR) is 43.7 cm³/mol. The standard InChI is InChI=1S/C9H5NO4/c11-7-5-3-4(9(13)14)1-2-6(5)10-8(7)12/h1-3H,(H,13,14)(H,10,11,12)/p-1. The van der Waals surface area contributed by atoms with Crippen molar-refractivity contribution in [3.8, 4) is 0 Å². The van der Waals surface area contributed by atoms with Gasteiger partial charge in [0.15, 0.2) is 0 Å². The Hall–Kier alpha value is -2.17. The highest BCUT2D eigenvalue weighted by Crippen LogP contribution is 2.23. The van der Waals surface area contributed by atoms with Crippen molar-refractivity contribution in [2.45, 2.75) is 0 Å². The van der Waals surface area contributed by atoms with Crippen molar-refractivity contribution < 1.29 is 19.5 Å². The minimum atomic E-state index is -1.38. The average Bonchev–Trinajstić information content (AvgIpc) is 2.43. The Morgan fingerprint density at radius 2 is 2.00 bits per heavy atom. The minimum absolute atomic E-state index is 0.0803. The van der Waals surface area contributed by atoms with Crippen molar-refractivity contribution in [3.63, 3.8) is 0 Å². The fraction of sp³-hybridized carbons (Fsp3) is 0. The van der Waals surface area contributed by atoms with Crippen molar-refractivity contribution >= 4 is 23.3 Å². The van der Waals surface area contributed by atoms with E-state index in [1.54, 1.807) is 0 Å². The Balaban J connectivity index is 2.57. The van der Waals surface area contributed by atoms with Crippen LogP contribution in [-0.2, 0) is 4.79 Å². The van der Waals surface area contributed by atoms with E-state index >= 15 is 0 Å². The summed E-state index contributed by atoms with van der Waals surface area (Å²) in [5, 5.41) is 12.8. The molecule has 0 bridgehead atoms. The maximum atomic E-state index is 11.1. The van der Waals surface area contributed by atoms with E-state index in [4.69, 9.17) is 0 Å². The van der Waals surface area contributed by atoms with Crippen LogP contribution in [0.2, 0.25) is 0 Å². The summed E-state index contributed by atoms with van der Waals surface area (Å²) in [6.45, 7) is 0. The van der Waals surface area contributed by atoms with E-state index in [-0.39, 0.29) is 11.1 Å². The van der Waals surface area contributed by atoms with Crippen LogP contribution < -0.4 is 10.4 Å². The Kier molecular flexibility index (Phi) is 1.60. The number of carboxylic acid groups (broad SMARTS) is 1. The normalized spacial score (nSPS) is 13.7. The van der Waals surface area contributed by atoms with Crippen molar-refractivity contribution in [3.05, 3.63) is 29.3 Å². The lowest BCUT2D eigenvalue weighted by atomic mass is 10.1. The first-order valence-corrected chi connectivity index (χ1v) is 3.80. The quantitative estimate of drug-likeness (QED) is 0.586. The first-order chi connectivity index (χ1) is 6.59. The minimum Gasteiger partial charge on any atom is -0.545 e. The van der Waals surface area contributed by atoms with Crippen LogP contribution in [0.3, 0.4) is 0 Å². The summed E-state index contributed by atoms with van der Waals surface area (Å²) < 4.78 is 0. The molecule has 14 heavy (non-hydrogen) atoms. The zero-order chi connectivity index (χ0) is 10.3. The van der Waals surface area contributed by atoms with Crippen LogP contribution in [0.4, 0.5) is 5.69 Å². The van der Waals surface area contributed by atoms with E-state index in [2.05, 4.69) is 5.32 Å². The maximum absolute atomic E-state index is 11.1. The van der Waals surface area contributed by atoms with E-state index < -0.39 is 17.7 Å². The Morgan fingerprint density at radius 3 is 2.64 bits per heavy atom. The molecule has 0 spiro atoms. The molecule has 0 unspecified atom stereocenters. The highest BCUT2D eigenvalue weighted by molar-refractivity contribution is 6.51. The van der Waals surface area contributed by atoms with Crippen molar-refractivity contribution in [1.82, 2.24) is 0 Å². The number of amides is 1. The van der Waals surface area contributed by atoms with Gasteiger partial charge in [0, 0.05) is 0 Å². The molecule has 0 aliphatic carbocycles. The van der Waals surface area contributed by atoms with Gasteiger partial charge in [0.05, 0.1) is 17.2 Å². The van der Waals surface area contributed by atoms with Crippen molar-refractivity contribution in [2.24, 2.45) is 0 Å². The number of fused-ring (bicyclic) bond motifs is 1. The predicted octanol–water partition coefficient (Wildman–Crippen LogP) is -0.815. The van der Waals surface area contributed by atoms with Gasteiger partial charge in [-0.05, 0) is 17.7 Å². The number of nitrogens with one attached hydrogen (secondary N) is 1. The van der Waals surface area contributed by atoms with E-state index in [0.29, 0.717) is 5.69 Å². The van der Waals surface area contributed by atoms with Crippen molar-refractivity contribution in [2.75, 3.05) is 5.32 Å². The van der Waals surface area contributed by atoms with Gasteiger partial charge in [-0.3, -0.25) is 9.59 Å². The molecule has 1 aliphatic heterocycles. The molecule has 5 heteroatoms. The summed E-state index contributed by atoms with van der Waals surface area (Å²) in [4.78, 5) is 32.5. The molecule has 1 aromatic carbocycles. The summed E-state index contributed by atoms with van der Waals surface area (Å²) in [7, 11) is 0. The van der Waals surface area contributed by atoms with Gasteiger partial charge in [-0.1, -0.05) is 6.07 Å². The largest absolute Gasteiger partial charge is 0.545 e. The summed E-state index contributed by atoms with van der Waals surface area (Å²) in [6.07, 6.45) is 0. The molecule has 1 heterocycles. The molecular weight excluding hydrogens is 186 g/mol. The molecule has 2 rings (SSSR count). The zero-order valence-corrected chi connectivity index (χ0v) is 6.87. The molecule has 0 fully saturated rings. The van der Waals surface area contributed by atoms with Gasteiger partial charge in [-0.25, -0.2) is 0 Å². The molecule has 1 N–H and O–H groups in total. The fourth-order valence-electron chi connectivity index (χ4n) is 1.27. The van der Waals surface area contributed by atoms with Gasteiger partial charge in [-0.15, -0.1) is 0 Å². The van der Waals surface area contributed by atoms with Crippen LogP contribution in [0.25, 0.3) is 0 Å². The number of ketones is 1. The number of anilines is 1. The summed E-state index contributed by atoms with van der Waals surface area (Å²) in [5.74, 6) is -2.83. The van der Waals surface area contributed by atoms with Crippen LogP contribution in [0.1, 0.15) is 20.7 Å². The van der Waals surface area contributed by atoms with E-state index in [1.807, 2.05) is 0 Å². The monoisotopic (exact) mass is 190 g/mol. The van der Waals surface area contributed by atoms with Gasteiger partial charge in [0.25, 0.3) is 11.7 Å². The number of Topliss-reactive ketones (excluding diaryl/α,β-unsaturated/α-hetero) is 1. The third-order valence-electron chi connectivity index (χ3n) is 1.95. The SMILES string of the molecule is O=C1Nc2ccc(C(=O)[O-])cc2C1=O. The molecule has 1 amide bonds. The van der Waals surface area contributed by atoms with Gasteiger partial charge in [0.2, 0.25) is 0 Å². The molecule has 0 saturated carbocycles. The second-order valence-electron chi connectivity index (χ2n) is 2.83. The smallest absolute Gasteiger partial charge is 0.296 e. The molecule has 70 valence electrons. The highest BCUT2D eigenvalue weighted by Gasteiger charge is 2.27. The number of hydrogen-bond donors (Lipinski definition) is 1. The number of carbonyl (C=O) groups excluding carboxylic acids is 3. The van der Waals surface area contributed by atoms with Gasteiger partial charge < -0.3 is 15.2 Å². The topological polar surface area (TPSA) is 86.3 Å². The second kappa shape index (κ2) is 2.66. The Labute approximate surface area is 78.3 Å². The lowest BCUT2D eigenvalue weighted by Crippen LogP contribution is -2.22. The number of hydrogen-bond acceptors (Lipinski definition) is 4. The molecule has 0 saturated heterocycles. The second-order valence-corrected chi connectivity index (χ2v) is 2.83. The van der Waals surface area contributed by atoms with E-state index in [9.17, 15) is 19.5 Å². The molecule has 0 aromatic heterocycles. The van der Waals surface area contributed by atoms with Crippen LogP contribution in [0, 0.1) is 0 Å². The number of benzene rings is 1. The molecule has 0 atom stereocenters. The van der Waals surface area contributed by atoms with Gasteiger partial charge in [0.1, 0.15) is 0 Å².